The molecule has 0 aliphatic carbocycles. The number of ether oxygens (including phenoxy) is 2. The molecule has 0 aliphatic rings. The second-order valence-corrected chi connectivity index (χ2v) is 5.97. The summed E-state index contributed by atoms with van der Waals surface area (Å²) in [5.41, 5.74) is 0.0425. The van der Waals surface area contributed by atoms with E-state index in [4.69, 9.17) is 21.1 Å². The van der Waals surface area contributed by atoms with Crippen LogP contribution < -0.4 is 9.47 Å². The molecule has 5 nitrogen and oxygen atoms in total. The minimum atomic E-state index is -1.23. The van der Waals surface area contributed by atoms with Crippen molar-refractivity contribution in [3.8, 4) is 11.5 Å². The van der Waals surface area contributed by atoms with Crippen LogP contribution in [0.25, 0.3) is 0 Å². The van der Waals surface area contributed by atoms with Crippen molar-refractivity contribution in [2.75, 3.05) is 6.61 Å². The Morgan fingerprint density at radius 1 is 1.08 bits per heavy atom. The Hall–Kier alpha value is -2.53. The minimum absolute atomic E-state index is 0.0736. The van der Waals surface area contributed by atoms with Gasteiger partial charge in [-0.25, -0.2) is 9.59 Å². The molecule has 0 saturated heterocycles. The maximum atomic E-state index is 12.4. The van der Waals surface area contributed by atoms with Crippen molar-refractivity contribution >= 4 is 23.5 Å². The lowest BCUT2D eigenvalue weighted by Gasteiger charge is -2.13. The van der Waals surface area contributed by atoms with E-state index >= 15 is 0 Å². The van der Waals surface area contributed by atoms with Crippen LogP contribution in [0, 0.1) is 5.92 Å². The summed E-state index contributed by atoms with van der Waals surface area (Å²) < 4.78 is 10.9. The van der Waals surface area contributed by atoms with Gasteiger partial charge in [-0.05, 0) is 36.2 Å². The van der Waals surface area contributed by atoms with Crippen molar-refractivity contribution in [2.45, 2.75) is 13.8 Å². The van der Waals surface area contributed by atoms with Crippen LogP contribution in [0.15, 0.2) is 42.5 Å². The average molecular weight is 349 g/mol. The number of hydrogen-bond donors (Lipinski definition) is 1. The molecule has 2 aromatic carbocycles. The van der Waals surface area contributed by atoms with Gasteiger partial charge in [0.15, 0.2) is 0 Å². The molecule has 0 heterocycles. The number of para-hydroxylation sites is 1. The number of esters is 1. The summed E-state index contributed by atoms with van der Waals surface area (Å²) >= 11 is 5.79. The van der Waals surface area contributed by atoms with Crippen molar-refractivity contribution in [2.24, 2.45) is 5.92 Å². The number of benzene rings is 2. The number of hydrogen-bond acceptors (Lipinski definition) is 4. The van der Waals surface area contributed by atoms with E-state index in [1.165, 1.54) is 18.2 Å². The molecule has 0 aromatic heterocycles. The first-order valence-electron chi connectivity index (χ1n) is 7.35. The molecule has 0 unspecified atom stereocenters. The summed E-state index contributed by atoms with van der Waals surface area (Å²) in [6.07, 6.45) is 0. The van der Waals surface area contributed by atoms with Crippen LogP contribution in [-0.4, -0.2) is 23.7 Å². The van der Waals surface area contributed by atoms with Gasteiger partial charge in [0.05, 0.1) is 6.61 Å². The quantitative estimate of drug-likeness (QED) is 0.622. The van der Waals surface area contributed by atoms with Gasteiger partial charge in [-0.15, -0.1) is 0 Å². The number of carboxylic acids is 1. The number of halogens is 1. The van der Waals surface area contributed by atoms with Crippen molar-refractivity contribution < 1.29 is 24.2 Å². The SMILES string of the molecule is CC(C)COc1ccccc1C(=O)Oc1ccc(Cl)cc1C(=O)O. The highest BCUT2D eigenvalue weighted by Gasteiger charge is 2.19. The molecule has 24 heavy (non-hydrogen) atoms. The Balaban J connectivity index is 2.26. The zero-order chi connectivity index (χ0) is 17.7. The molecular weight excluding hydrogens is 332 g/mol. The zero-order valence-electron chi connectivity index (χ0n) is 13.3. The molecule has 1 N–H and O–H groups in total. The maximum Gasteiger partial charge on any atom is 0.347 e. The summed E-state index contributed by atoms with van der Waals surface area (Å²) in [6.45, 7) is 4.44. The van der Waals surface area contributed by atoms with Gasteiger partial charge in [0.1, 0.15) is 22.6 Å². The number of carbonyl (C=O) groups excluding carboxylic acids is 1. The maximum absolute atomic E-state index is 12.4. The van der Waals surface area contributed by atoms with Gasteiger partial charge < -0.3 is 14.6 Å². The van der Waals surface area contributed by atoms with Gasteiger partial charge in [-0.3, -0.25) is 0 Å². The highest BCUT2D eigenvalue weighted by molar-refractivity contribution is 6.31. The van der Waals surface area contributed by atoms with E-state index in [9.17, 15) is 14.7 Å². The molecule has 0 amide bonds. The number of carbonyl (C=O) groups is 2. The number of rotatable bonds is 6. The molecule has 0 saturated carbocycles. The summed E-state index contributed by atoms with van der Waals surface area (Å²) in [6, 6.07) is 10.7. The summed E-state index contributed by atoms with van der Waals surface area (Å²) in [5, 5.41) is 9.44. The molecule has 0 aliphatic heterocycles. The minimum Gasteiger partial charge on any atom is -0.492 e. The van der Waals surface area contributed by atoms with Gasteiger partial charge in [-0.1, -0.05) is 37.6 Å². The van der Waals surface area contributed by atoms with Gasteiger partial charge in [0.2, 0.25) is 0 Å². The van der Waals surface area contributed by atoms with E-state index < -0.39 is 11.9 Å². The normalized spacial score (nSPS) is 10.5. The lowest BCUT2D eigenvalue weighted by Crippen LogP contribution is -2.14. The highest BCUT2D eigenvalue weighted by atomic mass is 35.5. The summed E-state index contributed by atoms with van der Waals surface area (Å²) in [5.74, 6) is -1.31. The molecule has 126 valence electrons. The number of aromatic carboxylic acids is 1. The van der Waals surface area contributed by atoms with E-state index in [0.717, 1.165) is 0 Å². The fourth-order valence-corrected chi connectivity index (χ4v) is 2.10. The Kier molecular flexibility index (Phi) is 5.82. The second kappa shape index (κ2) is 7.84. The monoisotopic (exact) mass is 348 g/mol. The van der Waals surface area contributed by atoms with E-state index in [-0.39, 0.29) is 21.9 Å². The molecule has 2 rings (SSSR count). The molecule has 2 aromatic rings. The first-order valence-corrected chi connectivity index (χ1v) is 7.73. The fraction of sp³-hybridized carbons (Fsp3) is 0.222. The van der Waals surface area contributed by atoms with Crippen molar-refractivity contribution in [3.05, 3.63) is 58.6 Å². The van der Waals surface area contributed by atoms with Crippen LogP contribution in [0.1, 0.15) is 34.6 Å². The largest absolute Gasteiger partial charge is 0.492 e. The second-order valence-electron chi connectivity index (χ2n) is 5.54. The Morgan fingerprint density at radius 2 is 1.79 bits per heavy atom. The first-order chi connectivity index (χ1) is 11.4. The van der Waals surface area contributed by atoms with E-state index in [1.807, 2.05) is 13.8 Å². The summed E-state index contributed by atoms with van der Waals surface area (Å²) in [4.78, 5) is 23.7. The van der Waals surface area contributed by atoms with Gasteiger partial charge in [0, 0.05) is 5.02 Å². The van der Waals surface area contributed by atoms with E-state index in [2.05, 4.69) is 0 Å². The standard InChI is InChI=1S/C18H17ClO5/c1-11(2)10-23-15-6-4-3-5-13(15)18(22)24-16-8-7-12(19)9-14(16)17(20)21/h3-9,11H,10H2,1-2H3,(H,20,21). The van der Waals surface area contributed by atoms with Crippen LogP contribution in [0.2, 0.25) is 5.02 Å². The number of carboxylic acid groups (broad SMARTS) is 1. The van der Waals surface area contributed by atoms with Crippen molar-refractivity contribution in [1.29, 1.82) is 0 Å². The van der Waals surface area contributed by atoms with Gasteiger partial charge in [-0.2, -0.15) is 0 Å². The lowest BCUT2D eigenvalue weighted by molar-refractivity contribution is 0.0680. The van der Waals surface area contributed by atoms with Crippen LogP contribution in [0.5, 0.6) is 11.5 Å². The first kappa shape index (κ1) is 17.8. The Bertz CT molecular complexity index is 755. The van der Waals surface area contributed by atoms with Gasteiger partial charge >= 0.3 is 11.9 Å². The van der Waals surface area contributed by atoms with E-state index in [1.54, 1.807) is 24.3 Å². The lowest BCUT2D eigenvalue weighted by atomic mass is 10.2. The predicted molar refractivity (Wildman–Crippen MR) is 90.1 cm³/mol. The van der Waals surface area contributed by atoms with Gasteiger partial charge in [0.25, 0.3) is 0 Å². The highest BCUT2D eigenvalue weighted by Crippen LogP contribution is 2.26. The Labute approximate surface area is 144 Å². The molecule has 0 fully saturated rings. The van der Waals surface area contributed by atoms with Crippen LogP contribution >= 0.6 is 11.6 Å². The molecule has 0 radical (unpaired) electrons. The topological polar surface area (TPSA) is 72.8 Å². The smallest absolute Gasteiger partial charge is 0.347 e. The fourth-order valence-electron chi connectivity index (χ4n) is 1.93. The van der Waals surface area contributed by atoms with E-state index in [0.29, 0.717) is 18.3 Å². The van der Waals surface area contributed by atoms with Crippen molar-refractivity contribution in [1.82, 2.24) is 0 Å². The van der Waals surface area contributed by atoms with Crippen LogP contribution in [0.3, 0.4) is 0 Å². The third-order valence-electron chi connectivity index (χ3n) is 3.05. The summed E-state index contributed by atoms with van der Waals surface area (Å²) in [7, 11) is 0. The molecule has 6 heteroatoms. The third-order valence-corrected chi connectivity index (χ3v) is 3.29. The predicted octanol–water partition coefficient (Wildman–Crippen LogP) is 4.29. The Morgan fingerprint density at radius 3 is 2.46 bits per heavy atom. The zero-order valence-corrected chi connectivity index (χ0v) is 14.0. The van der Waals surface area contributed by atoms with Crippen molar-refractivity contribution in [3.63, 3.8) is 0 Å². The molecular formula is C18H17ClO5. The average Bonchev–Trinajstić information content (AvgIpc) is 2.54. The molecule has 0 spiro atoms. The molecule has 0 bridgehead atoms. The van der Waals surface area contributed by atoms with Crippen LogP contribution in [0.4, 0.5) is 0 Å². The molecule has 0 atom stereocenters. The van der Waals surface area contributed by atoms with Crippen LogP contribution in [-0.2, 0) is 0 Å². The third kappa shape index (κ3) is 4.49.